The maximum atomic E-state index is 12.3. The van der Waals surface area contributed by atoms with Gasteiger partial charge in [-0.3, -0.25) is 9.59 Å². The number of hydrogen-bond donors (Lipinski definition) is 2. The number of nitrogens with one attached hydrogen (secondary N) is 2. The highest BCUT2D eigenvalue weighted by atomic mass is 35.5. The van der Waals surface area contributed by atoms with Crippen molar-refractivity contribution in [3.8, 4) is 11.5 Å². The van der Waals surface area contributed by atoms with E-state index in [0.717, 1.165) is 0 Å². The Bertz CT molecular complexity index is 1060. The van der Waals surface area contributed by atoms with Crippen molar-refractivity contribution in [2.45, 2.75) is 8.68 Å². The summed E-state index contributed by atoms with van der Waals surface area (Å²) in [6, 6.07) is 9.95. The Hall–Kier alpha value is -2.18. The predicted octanol–water partition coefficient (Wildman–Crippen LogP) is 5.32. The molecule has 174 valence electrons. The number of anilines is 2. The minimum atomic E-state index is -0.236. The molecule has 0 atom stereocenters. The van der Waals surface area contributed by atoms with E-state index in [1.54, 1.807) is 36.4 Å². The van der Waals surface area contributed by atoms with Crippen LogP contribution in [0.1, 0.15) is 0 Å². The summed E-state index contributed by atoms with van der Waals surface area (Å²) in [5, 5.41) is 14.6. The molecule has 0 spiro atoms. The molecule has 8 nitrogen and oxygen atoms in total. The molecule has 0 unspecified atom stereocenters. The van der Waals surface area contributed by atoms with E-state index in [4.69, 9.17) is 32.7 Å². The Labute approximate surface area is 212 Å². The van der Waals surface area contributed by atoms with Crippen LogP contribution >= 0.6 is 58.1 Å². The first-order valence-corrected chi connectivity index (χ1v) is 12.8. The van der Waals surface area contributed by atoms with Gasteiger partial charge in [-0.1, -0.05) is 58.1 Å². The lowest BCUT2D eigenvalue weighted by Crippen LogP contribution is -2.14. The van der Waals surface area contributed by atoms with Gasteiger partial charge in [-0.05, 0) is 36.4 Å². The van der Waals surface area contributed by atoms with Crippen LogP contribution < -0.4 is 20.1 Å². The summed E-state index contributed by atoms with van der Waals surface area (Å²) in [6.07, 6.45) is 0. The average molecular weight is 545 g/mol. The van der Waals surface area contributed by atoms with Crippen LogP contribution in [0, 0.1) is 0 Å². The highest BCUT2D eigenvalue weighted by Crippen LogP contribution is 2.31. The van der Waals surface area contributed by atoms with E-state index in [0.29, 0.717) is 41.6 Å². The molecule has 2 amide bonds. The van der Waals surface area contributed by atoms with E-state index in [2.05, 4.69) is 20.8 Å². The van der Waals surface area contributed by atoms with E-state index in [1.165, 1.54) is 49.1 Å². The zero-order valence-corrected chi connectivity index (χ0v) is 21.3. The molecule has 0 aliphatic rings. The SMILES string of the molecule is COc1ccc(Cl)cc1NC(=O)CSc1nnc(SCC(=O)Nc2cc(Cl)ccc2OC)s1. The Morgan fingerprint density at radius 3 is 1.67 bits per heavy atom. The quantitative estimate of drug-likeness (QED) is 0.330. The molecule has 13 heteroatoms. The number of hydrogen-bond acceptors (Lipinski definition) is 9. The van der Waals surface area contributed by atoms with Crippen LogP contribution in [0.2, 0.25) is 10.0 Å². The summed E-state index contributed by atoms with van der Waals surface area (Å²) in [6.45, 7) is 0. The maximum absolute atomic E-state index is 12.3. The Morgan fingerprint density at radius 2 is 1.27 bits per heavy atom. The number of aromatic nitrogens is 2. The number of carbonyl (C=O) groups is 2. The van der Waals surface area contributed by atoms with Gasteiger partial charge in [0, 0.05) is 10.0 Å². The number of benzene rings is 2. The number of thioether (sulfide) groups is 2. The lowest BCUT2D eigenvalue weighted by Gasteiger charge is -2.10. The summed E-state index contributed by atoms with van der Waals surface area (Å²) in [7, 11) is 3.03. The van der Waals surface area contributed by atoms with Crippen LogP contribution in [-0.4, -0.2) is 47.7 Å². The summed E-state index contributed by atoms with van der Waals surface area (Å²) >= 11 is 15.8. The number of rotatable bonds is 10. The minimum Gasteiger partial charge on any atom is -0.495 e. The van der Waals surface area contributed by atoms with E-state index in [9.17, 15) is 9.59 Å². The van der Waals surface area contributed by atoms with Gasteiger partial charge in [0.15, 0.2) is 8.68 Å². The van der Waals surface area contributed by atoms with E-state index < -0.39 is 0 Å². The van der Waals surface area contributed by atoms with Crippen LogP contribution in [-0.2, 0) is 9.59 Å². The van der Waals surface area contributed by atoms with Crippen molar-refractivity contribution in [2.24, 2.45) is 0 Å². The van der Waals surface area contributed by atoms with Crippen molar-refractivity contribution in [2.75, 3.05) is 36.4 Å². The first-order valence-electron chi connectivity index (χ1n) is 9.24. The third-order valence-corrected chi connectivity index (χ3v) is 7.57. The maximum Gasteiger partial charge on any atom is 0.234 e. The van der Waals surface area contributed by atoms with Gasteiger partial charge in [0.2, 0.25) is 11.8 Å². The second kappa shape index (κ2) is 12.3. The van der Waals surface area contributed by atoms with Gasteiger partial charge >= 0.3 is 0 Å². The molecule has 33 heavy (non-hydrogen) atoms. The van der Waals surface area contributed by atoms with E-state index in [-0.39, 0.29) is 23.3 Å². The molecular weight excluding hydrogens is 527 g/mol. The molecule has 2 aromatic carbocycles. The normalized spacial score (nSPS) is 10.5. The first kappa shape index (κ1) is 25.4. The van der Waals surface area contributed by atoms with Gasteiger partial charge in [-0.25, -0.2) is 0 Å². The molecule has 1 heterocycles. The van der Waals surface area contributed by atoms with Crippen molar-refractivity contribution < 1.29 is 19.1 Å². The first-order chi connectivity index (χ1) is 15.9. The van der Waals surface area contributed by atoms with Gasteiger partial charge in [-0.2, -0.15) is 0 Å². The number of carbonyl (C=O) groups excluding carboxylic acids is 2. The lowest BCUT2D eigenvalue weighted by molar-refractivity contribution is -0.114. The van der Waals surface area contributed by atoms with Crippen molar-refractivity contribution in [1.29, 1.82) is 0 Å². The second-order valence-corrected chi connectivity index (χ2v) is 10.5. The predicted molar refractivity (Wildman–Crippen MR) is 135 cm³/mol. The fourth-order valence-corrected chi connectivity index (χ4v) is 5.46. The smallest absolute Gasteiger partial charge is 0.234 e. The lowest BCUT2D eigenvalue weighted by atomic mass is 10.3. The Balaban J connectivity index is 1.47. The van der Waals surface area contributed by atoms with Gasteiger partial charge < -0.3 is 20.1 Å². The van der Waals surface area contributed by atoms with Gasteiger partial charge in [0.1, 0.15) is 11.5 Å². The molecule has 0 saturated carbocycles. The molecule has 1 aromatic heterocycles. The van der Waals surface area contributed by atoms with Crippen LogP contribution in [0.5, 0.6) is 11.5 Å². The molecule has 0 radical (unpaired) electrons. The van der Waals surface area contributed by atoms with Crippen LogP contribution in [0.4, 0.5) is 11.4 Å². The number of ether oxygens (including phenoxy) is 2. The van der Waals surface area contributed by atoms with E-state index in [1.807, 2.05) is 0 Å². The number of methoxy groups -OCH3 is 2. The molecule has 0 aliphatic heterocycles. The zero-order chi connectivity index (χ0) is 23.8. The largest absolute Gasteiger partial charge is 0.495 e. The molecule has 0 saturated heterocycles. The highest BCUT2D eigenvalue weighted by molar-refractivity contribution is 8.03. The third-order valence-electron chi connectivity index (χ3n) is 3.91. The van der Waals surface area contributed by atoms with Gasteiger partial charge in [-0.15, -0.1) is 10.2 Å². The second-order valence-electron chi connectivity index (χ2n) is 6.20. The van der Waals surface area contributed by atoms with Crippen molar-refractivity contribution >= 4 is 81.3 Å². The van der Waals surface area contributed by atoms with Crippen molar-refractivity contribution in [1.82, 2.24) is 10.2 Å². The standard InChI is InChI=1S/C20H18Cl2N4O4S3/c1-29-15-5-3-11(21)7-13(15)23-17(27)9-31-19-25-26-20(33-19)32-10-18(28)24-14-8-12(22)4-6-16(14)30-2/h3-8H,9-10H2,1-2H3,(H,23,27)(H,24,28). The van der Waals surface area contributed by atoms with Crippen LogP contribution in [0.3, 0.4) is 0 Å². The summed E-state index contributed by atoms with van der Waals surface area (Å²) in [4.78, 5) is 24.6. The topological polar surface area (TPSA) is 102 Å². The monoisotopic (exact) mass is 544 g/mol. The molecule has 2 N–H and O–H groups in total. The molecule has 0 bridgehead atoms. The van der Waals surface area contributed by atoms with Crippen molar-refractivity contribution in [3.63, 3.8) is 0 Å². The average Bonchev–Trinajstić information content (AvgIpc) is 3.25. The molecule has 3 aromatic rings. The highest BCUT2D eigenvalue weighted by Gasteiger charge is 2.14. The summed E-state index contributed by atoms with van der Waals surface area (Å²) < 4.78 is 11.7. The summed E-state index contributed by atoms with van der Waals surface area (Å²) in [5.41, 5.74) is 0.984. The van der Waals surface area contributed by atoms with Gasteiger partial charge in [0.25, 0.3) is 0 Å². The fraction of sp³-hybridized carbons (Fsp3) is 0.200. The minimum absolute atomic E-state index is 0.129. The molecule has 0 fully saturated rings. The number of nitrogens with zero attached hydrogens (tertiary/aromatic N) is 2. The zero-order valence-electron chi connectivity index (χ0n) is 17.4. The molecule has 3 rings (SSSR count). The van der Waals surface area contributed by atoms with Crippen molar-refractivity contribution in [3.05, 3.63) is 46.4 Å². The number of halogens is 2. The van der Waals surface area contributed by atoms with E-state index >= 15 is 0 Å². The molecule has 0 aliphatic carbocycles. The number of amides is 2. The fourth-order valence-electron chi connectivity index (χ4n) is 2.50. The third kappa shape index (κ3) is 7.68. The summed E-state index contributed by atoms with van der Waals surface area (Å²) in [5.74, 6) is 0.815. The molecular formula is C20H18Cl2N4O4S3. The Morgan fingerprint density at radius 1 is 0.848 bits per heavy atom. The van der Waals surface area contributed by atoms with Crippen LogP contribution in [0.15, 0.2) is 45.1 Å². The Kier molecular flexibility index (Phi) is 9.51. The van der Waals surface area contributed by atoms with Crippen LogP contribution in [0.25, 0.3) is 0 Å². The van der Waals surface area contributed by atoms with Gasteiger partial charge in [0.05, 0.1) is 37.1 Å².